The van der Waals surface area contributed by atoms with E-state index in [4.69, 9.17) is 5.11 Å². The summed E-state index contributed by atoms with van der Waals surface area (Å²) in [6.07, 6.45) is 1.18. The standard InChI is InChI=1S/C12H11F4NO3/c1-2-3-4-17-11(18)5-6(12(19)20)8(14)10(16)9(15)7(5)13/h2-4H2,1H3,(H,17,18)(H,19,20). The number of carbonyl (C=O) groups excluding carboxylic acids is 1. The molecule has 0 atom stereocenters. The average Bonchev–Trinajstić information content (AvgIpc) is 2.39. The molecule has 2 N–H and O–H groups in total. The third-order valence-corrected chi connectivity index (χ3v) is 2.52. The van der Waals surface area contributed by atoms with Crippen molar-refractivity contribution >= 4 is 11.9 Å². The highest BCUT2D eigenvalue weighted by Crippen LogP contribution is 2.24. The van der Waals surface area contributed by atoms with Crippen molar-refractivity contribution in [2.45, 2.75) is 19.8 Å². The van der Waals surface area contributed by atoms with Crippen LogP contribution < -0.4 is 5.32 Å². The Morgan fingerprint density at radius 1 is 1.00 bits per heavy atom. The molecule has 0 heterocycles. The van der Waals surface area contributed by atoms with Crippen molar-refractivity contribution in [1.82, 2.24) is 5.32 Å². The third-order valence-electron chi connectivity index (χ3n) is 2.52. The number of carboxylic acid groups (broad SMARTS) is 1. The molecule has 1 rings (SSSR count). The molecule has 0 aromatic heterocycles. The number of aromatic carboxylic acids is 1. The minimum absolute atomic E-state index is 0.0639. The number of hydrogen-bond donors (Lipinski definition) is 2. The Kier molecular flexibility index (Phi) is 5.06. The summed E-state index contributed by atoms with van der Waals surface area (Å²) in [7, 11) is 0. The quantitative estimate of drug-likeness (QED) is 0.379. The van der Waals surface area contributed by atoms with Gasteiger partial charge in [0, 0.05) is 6.54 Å². The fraction of sp³-hybridized carbons (Fsp3) is 0.333. The van der Waals surface area contributed by atoms with Gasteiger partial charge < -0.3 is 10.4 Å². The zero-order valence-corrected chi connectivity index (χ0v) is 10.4. The predicted octanol–water partition coefficient (Wildman–Crippen LogP) is 2.47. The lowest BCUT2D eigenvalue weighted by Crippen LogP contribution is -2.29. The van der Waals surface area contributed by atoms with E-state index in [1.165, 1.54) is 0 Å². The van der Waals surface area contributed by atoms with Gasteiger partial charge in [0.25, 0.3) is 5.91 Å². The Morgan fingerprint density at radius 2 is 1.50 bits per heavy atom. The lowest BCUT2D eigenvalue weighted by molar-refractivity contribution is 0.0682. The molecule has 0 saturated carbocycles. The van der Waals surface area contributed by atoms with E-state index in [2.05, 4.69) is 5.32 Å². The molecule has 110 valence electrons. The van der Waals surface area contributed by atoms with Crippen LogP contribution in [0.25, 0.3) is 0 Å². The Labute approximate surface area is 111 Å². The highest BCUT2D eigenvalue weighted by Gasteiger charge is 2.32. The molecule has 0 radical (unpaired) electrons. The first-order chi connectivity index (χ1) is 9.32. The van der Waals surface area contributed by atoms with E-state index in [1.54, 1.807) is 6.92 Å². The first kappa shape index (κ1) is 15.9. The molecule has 0 unspecified atom stereocenters. The van der Waals surface area contributed by atoms with Crippen LogP contribution in [0.5, 0.6) is 0 Å². The number of carboxylic acids is 1. The summed E-state index contributed by atoms with van der Waals surface area (Å²) >= 11 is 0. The normalized spacial score (nSPS) is 10.4. The van der Waals surface area contributed by atoms with Gasteiger partial charge in [0.1, 0.15) is 5.56 Å². The van der Waals surface area contributed by atoms with Gasteiger partial charge in [0.05, 0.1) is 5.56 Å². The number of halogens is 4. The van der Waals surface area contributed by atoms with E-state index in [9.17, 15) is 27.2 Å². The van der Waals surface area contributed by atoms with E-state index in [1.807, 2.05) is 0 Å². The van der Waals surface area contributed by atoms with Crippen molar-refractivity contribution in [3.05, 3.63) is 34.4 Å². The van der Waals surface area contributed by atoms with Crippen molar-refractivity contribution in [2.24, 2.45) is 0 Å². The molecular weight excluding hydrogens is 282 g/mol. The average molecular weight is 293 g/mol. The summed E-state index contributed by atoms with van der Waals surface area (Å²) in [5.74, 6) is -12.0. The van der Waals surface area contributed by atoms with E-state index in [-0.39, 0.29) is 6.54 Å². The summed E-state index contributed by atoms with van der Waals surface area (Å²) in [5, 5.41) is 10.8. The molecule has 0 aliphatic rings. The molecule has 0 aliphatic heterocycles. The molecule has 0 saturated heterocycles. The minimum Gasteiger partial charge on any atom is -0.478 e. The van der Waals surface area contributed by atoms with Gasteiger partial charge >= 0.3 is 5.97 Å². The van der Waals surface area contributed by atoms with Crippen LogP contribution in [0.3, 0.4) is 0 Å². The molecular formula is C12H11F4NO3. The number of benzene rings is 1. The van der Waals surface area contributed by atoms with Crippen molar-refractivity contribution < 1.29 is 32.3 Å². The summed E-state index contributed by atoms with van der Waals surface area (Å²) in [4.78, 5) is 22.4. The van der Waals surface area contributed by atoms with Crippen LogP contribution in [0.4, 0.5) is 17.6 Å². The van der Waals surface area contributed by atoms with Gasteiger partial charge in [-0.15, -0.1) is 0 Å². The fourth-order valence-corrected chi connectivity index (χ4v) is 1.51. The van der Waals surface area contributed by atoms with Gasteiger partial charge in [-0.25, -0.2) is 22.4 Å². The fourth-order valence-electron chi connectivity index (χ4n) is 1.51. The molecule has 20 heavy (non-hydrogen) atoms. The van der Waals surface area contributed by atoms with Crippen molar-refractivity contribution in [2.75, 3.05) is 6.54 Å². The van der Waals surface area contributed by atoms with Crippen LogP contribution >= 0.6 is 0 Å². The number of rotatable bonds is 5. The number of hydrogen-bond acceptors (Lipinski definition) is 2. The number of amides is 1. The van der Waals surface area contributed by atoms with Crippen LogP contribution in [-0.4, -0.2) is 23.5 Å². The largest absolute Gasteiger partial charge is 0.478 e. The molecule has 0 fully saturated rings. The maximum Gasteiger partial charge on any atom is 0.339 e. The Bertz CT molecular complexity index is 560. The molecule has 1 aromatic carbocycles. The second kappa shape index (κ2) is 6.36. The van der Waals surface area contributed by atoms with Gasteiger partial charge in [-0.1, -0.05) is 13.3 Å². The molecule has 1 aromatic rings. The predicted molar refractivity (Wildman–Crippen MR) is 60.5 cm³/mol. The van der Waals surface area contributed by atoms with Gasteiger partial charge in [-0.3, -0.25) is 4.79 Å². The number of nitrogens with one attached hydrogen (secondary N) is 1. The lowest BCUT2D eigenvalue weighted by atomic mass is 10.0. The van der Waals surface area contributed by atoms with Crippen LogP contribution in [0.1, 0.15) is 40.5 Å². The van der Waals surface area contributed by atoms with Gasteiger partial charge in [0.15, 0.2) is 23.3 Å². The van der Waals surface area contributed by atoms with Crippen molar-refractivity contribution in [3.8, 4) is 0 Å². The van der Waals surface area contributed by atoms with E-state index in [0.29, 0.717) is 12.8 Å². The molecule has 0 bridgehead atoms. The van der Waals surface area contributed by atoms with Crippen LogP contribution in [0.15, 0.2) is 0 Å². The van der Waals surface area contributed by atoms with E-state index < -0.39 is 46.3 Å². The van der Waals surface area contributed by atoms with E-state index >= 15 is 0 Å². The zero-order chi connectivity index (χ0) is 15.4. The van der Waals surface area contributed by atoms with Gasteiger partial charge in [0.2, 0.25) is 0 Å². The summed E-state index contributed by atoms with van der Waals surface area (Å²) in [6, 6.07) is 0. The van der Waals surface area contributed by atoms with Gasteiger partial charge in [-0.2, -0.15) is 0 Å². The van der Waals surface area contributed by atoms with Crippen LogP contribution in [0, 0.1) is 23.3 Å². The van der Waals surface area contributed by atoms with Crippen LogP contribution in [0.2, 0.25) is 0 Å². The molecule has 1 amide bonds. The summed E-state index contributed by atoms with van der Waals surface area (Å²) in [5.41, 5.74) is -2.89. The molecule has 0 aliphatic carbocycles. The summed E-state index contributed by atoms with van der Waals surface area (Å²) in [6.45, 7) is 1.86. The first-order valence-corrected chi connectivity index (χ1v) is 5.70. The minimum atomic E-state index is -2.27. The number of carbonyl (C=O) groups is 2. The van der Waals surface area contributed by atoms with E-state index in [0.717, 1.165) is 0 Å². The monoisotopic (exact) mass is 293 g/mol. The molecule has 0 spiro atoms. The highest BCUT2D eigenvalue weighted by molar-refractivity contribution is 6.05. The summed E-state index contributed by atoms with van der Waals surface area (Å²) < 4.78 is 52.9. The SMILES string of the molecule is CCCCNC(=O)c1c(F)c(F)c(F)c(F)c1C(=O)O. The highest BCUT2D eigenvalue weighted by atomic mass is 19.2. The lowest BCUT2D eigenvalue weighted by Gasteiger charge is -2.10. The van der Waals surface area contributed by atoms with Crippen molar-refractivity contribution in [1.29, 1.82) is 0 Å². The maximum absolute atomic E-state index is 13.5. The molecule has 8 heteroatoms. The van der Waals surface area contributed by atoms with Crippen molar-refractivity contribution in [3.63, 3.8) is 0 Å². The van der Waals surface area contributed by atoms with Gasteiger partial charge in [-0.05, 0) is 6.42 Å². The Balaban J connectivity index is 3.37. The first-order valence-electron chi connectivity index (χ1n) is 5.70. The van der Waals surface area contributed by atoms with Crippen LogP contribution in [-0.2, 0) is 0 Å². The zero-order valence-electron chi connectivity index (χ0n) is 10.4. The number of unbranched alkanes of at least 4 members (excludes halogenated alkanes) is 1. The third kappa shape index (κ3) is 2.89. The second-order valence-electron chi connectivity index (χ2n) is 3.92. The second-order valence-corrected chi connectivity index (χ2v) is 3.92. The maximum atomic E-state index is 13.5. The smallest absolute Gasteiger partial charge is 0.339 e. The Hall–Kier alpha value is -2.12. The topological polar surface area (TPSA) is 66.4 Å². The molecule has 4 nitrogen and oxygen atoms in total. The Morgan fingerprint density at radius 3 is 1.95 bits per heavy atom.